The fourth-order valence-corrected chi connectivity index (χ4v) is 4.67. The molecule has 1 aliphatic rings. The maximum absolute atomic E-state index is 12.5. The van der Waals surface area contributed by atoms with Gasteiger partial charge in [-0.25, -0.2) is 14.6 Å². The third kappa shape index (κ3) is 4.62. The van der Waals surface area contributed by atoms with Crippen molar-refractivity contribution in [2.24, 2.45) is 0 Å². The number of fused-ring (bicyclic) bond motifs is 1. The lowest BCUT2D eigenvalue weighted by molar-refractivity contribution is 0.0951. The summed E-state index contributed by atoms with van der Waals surface area (Å²) in [6.45, 7) is 5.17. The molecule has 9 heteroatoms. The Morgan fingerprint density at radius 2 is 2.00 bits per heavy atom. The topological polar surface area (TPSA) is 75.9 Å². The smallest absolute Gasteiger partial charge is 0.252 e. The zero-order chi connectivity index (χ0) is 20.9. The van der Waals surface area contributed by atoms with Crippen molar-refractivity contribution in [2.45, 2.75) is 37.9 Å². The van der Waals surface area contributed by atoms with E-state index < -0.39 is 0 Å². The van der Waals surface area contributed by atoms with Crippen LogP contribution in [-0.2, 0) is 6.54 Å². The van der Waals surface area contributed by atoms with Gasteiger partial charge in [-0.1, -0.05) is 30.8 Å². The number of aromatic nitrogens is 4. The summed E-state index contributed by atoms with van der Waals surface area (Å²) in [6.07, 6.45) is 5.51. The van der Waals surface area contributed by atoms with Gasteiger partial charge >= 0.3 is 0 Å². The summed E-state index contributed by atoms with van der Waals surface area (Å²) >= 11 is 5.07. The van der Waals surface area contributed by atoms with Gasteiger partial charge in [0, 0.05) is 24.1 Å². The molecule has 1 saturated heterocycles. The van der Waals surface area contributed by atoms with E-state index in [4.69, 9.17) is 9.97 Å². The van der Waals surface area contributed by atoms with Crippen LogP contribution in [0.2, 0.25) is 0 Å². The van der Waals surface area contributed by atoms with E-state index in [-0.39, 0.29) is 5.91 Å². The fourth-order valence-electron chi connectivity index (χ4n) is 3.64. The van der Waals surface area contributed by atoms with E-state index in [0.29, 0.717) is 18.7 Å². The zero-order valence-electron chi connectivity index (χ0n) is 17.0. The van der Waals surface area contributed by atoms with Crippen LogP contribution in [0.4, 0.5) is 5.82 Å². The summed E-state index contributed by atoms with van der Waals surface area (Å²) < 4.78 is 2.65. The molecule has 2 aromatic heterocycles. The number of benzene rings is 1. The molecule has 1 N–H and O–H groups in total. The van der Waals surface area contributed by atoms with Gasteiger partial charge in [-0.05, 0) is 53.1 Å². The van der Waals surface area contributed by atoms with Crippen LogP contribution >= 0.6 is 27.7 Å². The van der Waals surface area contributed by atoms with Crippen molar-refractivity contribution in [1.29, 1.82) is 0 Å². The molecule has 1 aliphatic heterocycles. The first-order valence-electron chi connectivity index (χ1n) is 10.3. The number of hydrogen-bond donors (Lipinski definition) is 1. The van der Waals surface area contributed by atoms with Gasteiger partial charge in [0.25, 0.3) is 5.91 Å². The summed E-state index contributed by atoms with van der Waals surface area (Å²) in [4.78, 5) is 24.4. The average molecular weight is 489 g/mol. The predicted molar refractivity (Wildman–Crippen MR) is 124 cm³/mol. The Labute approximate surface area is 188 Å². The zero-order valence-corrected chi connectivity index (χ0v) is 19.4. The van der Waals surface area contributed by atoms with E-state index in [1.165, 1.54) is 19.3 Å². The minimum atomic E-state index is -0.107. The second kappa shape index (κ2) is 9.78. The molecule has 0 radical (unpaired) electrons. The van der Waals surface area contributed by atoms with Crippen molar-refractivity contribution >= 4 is 50.5 Å². The predicted octanol–water partition coefficient (Wildman–Crippen LogP) is 4.12. The normalized spacial score (nSPS) is 14.3. The second-order valence-corrected chi connectivity index (χ2v) is 9.24. The van der Waals surface area contributed by atoms with Crippen LogP contribution in [0.3, 0.4) is 0 Å². The average Bonchev–Trinajstić information content (AvgIpc) is 3.17. The summed E-state index contributed by atoms with van der Waals surface area (Å²) in [7, 11) is 0. The molecule has 7 nitrogen and oxygen atoms in total. The Balaban J connectivity index is 1.53. The number of rotatable bonds is 7. The van der Waals surface area contributed by atoms with Gasteiger partial charge in [-0.3, -0.25) is 4.79 Å². The van der Waals surface area contributed by atoms with Crippen molar-refractivity contribution in [1.82, 2.24) is 25.1 Å². The largest absolute Gasteiger partial charge is 0.356 e. The number of carbonyl (C=O) groups is 1. The van der Waals surface area contributed by atoms with Crippen molar-refractivity contribution < 1.29 is 4.79 Å². The molecular formula is C21H25BrN6OS. The molecule has 3 aromatic rings. The van der Waals surface area contributed by atoms with Crippen molar-refractivity contribution in [2.75, 3.05) is 30.3 Å². The Hall–Kier alpha value is -2.13. The van der Waals surface area contributed by atoms with E-state index in [2.05, 4.69) is 38.2 Å². The van der Waals surface area contributed by atoms with Crippen molar-refractivity contribution in [3.63, 3.8) is 0 Å². The van der Waals surface area contributed by atoms with Gasteiger partial charge in [-0.2, -0.15) is 5.10 Å². The van der Waals surface area contributed by atoms with Gasteiger partial charge in [0.2, 0.25) is 0 Å². The highest BCUT2D eigenvalue weighted by Crippen LogP contribution is 2.29. The van der Waals surface area contributed by atoms with Crippen LogP contribution in [0.25, 0.3) is 11.0 Å². The van der Waals surface area contributed by atoms with Gasteiger partial charge in [0.15, 0.2) is 10.8 Å². The number of anilines is 1. The molecule has 0 aliphatic carbocycles. The van der Waals surface area contributed by atoms with Crippen molar-refractivity contribution in [3.8, 4) is 0 Å². The molecule has 1 amide bonds. The first-order chi connectivity index (χ1) is 14.7. The van der Waals surface area contributed by atoms with E-state index in [0.717, 1.165) is 45.3 Å². The highest BCUT2D eigenvalue weighted by atomic mass is 79.9. The molecule has 0 unspecified atom stereocenters. The van der Waals surface area contributed by atoms with Gasteiger partial charge < -0.3 is 10.2 Å². The standard InChI is InChI=1S/C21H25BrN6OS/c1-2-30-21-25-18(27-11-6-3-7-12-27)16-14-24-28(19(16)26-21)13-10-23-20(29)15-8-4-5-9-17(15)22/h4-5,8-9,14H,2-3,6-7,10-13H2,1H3,(H,23,29). The molecule has 158 valence electrons. The molecule has 0 spiro atoms. The van der Waals surface area contributed by atoms with Crippen LogP contribution in [0, 0.1) is 0 Å². The number of hydrogen-bond acceptors (Lipinski definition) is 6. The fraction of sp³-hybridized carbons (Fsp3) is 0.429. The number of nitrogens with zero attached hydrogens (tertiary/aromatic N) is 5. The van der Waals surface area contributed by atoms with Crippen LogP contribution < -0.4 is 10.2 Å². The molecule has 1 aromatic carbocycles. The van der Waals surface area contributed by atoms with E-state index in [9.17, 15) is 4.79 Å². The Bertz CT molecular complexity index is 1030. The Kier molecular flexibility index (Phi) is 6.89. The Morgan fingerprint density at radius 1 is 1.20 bits per heavy atom. The van der Waals surface area contributed by atoms with Crippen LogP contribution in [-0.4, -0.2) is 51.0 Å². The summed E-state index contributed by atoms with van der Waals surface area (Å²) in [5.41, 5.74) is 1.45. The van der Waals surface area contributed by atoms with Gasteiger partial charge in [0.1, 0.15) is 5.82 Å². The first kappa shape index (κ1) is 21.1. The highest BCUT2D eigenvalue weighted by molar-refractivity contribution is 9.10. The molecule has 1 fully saturated rings. The van der Waals surface area contributed by atoms with Gasteiger partial charge in [-0.15, -0.1) is 0 Å². The number of halogens is 1. The minimum absolute atomic E-state index is 0.107. The lowest BCUT2D eigenvalue weighted by Gasteiger charge is -2.28. The summed E-state index contributed by atoms with van der Waals surface area (Å²) in [6, 6.07) is 7.41. The highest BCUT2D eigenvalue weighted by Gasteiger charge is 2.20. The maximum atomic E-state index is 12.5. The van der Waals surface area contributed by atoms with Crippen LogP contribution in [0.5, 0.6) is 0 Å². The lowest BCUT2D eigenvalue weighted by atomic mass is 10.1. The van der Waals surface area contributed by atoms with Crippen LogP contribution in [0.15, 0.2) is 40.1 Å². The number of nitrogens with one attached hydrogen (secondary N) is 1. The number of thioether (sulfide) groups is 1. The molecule has 4 rings (SSSR count). The summed E-state index contributed by atoms with van der Waals surface area (Å²) in [5, 5.41) is 9.29. The maximum Gasteiger partial charge on any atom is 0.252 e. The molecule has 30 heavy (non-hydrogen) atoms. The summed E-state index contributed by atoms with van der Waals surface area (Å²) in [5.74, 6) is 1.80. The number of piperidine rings is 1. The second-order valence-electron chi connectivity index (χ2n) is 7.15. The SMILES string of the molecule is CCSc1nc(N2CCCCC2)c2cnn(CCNC(=O)c3ccccc3Br)c2n1. The molecular weight excluding hydrogens is 464 g/mol. The van der Waals surface area contributed by atoms with E-state index in [1.807, 2.05) is 29.1 Å². The van der Waals surface area contributed by atoms with Crippen molar-refractivity contribution in [3.05, 3.63) is 40.5 Å². The number of carbonyl (C=O) groups excluding carboxylic acids is 1. The van der Waals surface area contributed by atoms with Gasteiger partial charge in [0.05, 0.1) is 23.7 Å². The first-order valence-corrected chi connectivity index (χ1v) is 12.1. The molecule has 0 saturated carbocycles. The minimum Gasteiger partial charge on any atom is -0.356 e. The Morgan fingerprint density at radius 3 is 2.77 bits per heavy atom. The molecule has 0 atom stereocenters. The van der Waals surface area contributed by atoms with Crippen LogP contribution in [0.1, 0.15) is 36.5 Å². The number of amides is 1. The monoisotopic (exact) mass is 488 g/mol. The lowest BCUT2D eigenvalue weighted by Crippen LogP contribution is -2.30. The van der Waals surface area contributed by atoms with E-state index in [1.54, 1.807) is 17.8 Å². The third-order valence-corrected chi connectivity index (χ3v) is 6.53. The third-order valence-electron chi connectivity index (χ3n) is 5.11. The molecule has 0 bridgehead atoms. The quantitative estimate of drug-likeness (QED) is 0.398. The van der Waals surface area contributed by atoms with E-state index >= 15 is 0 Å². The molecule has 3 heterocycles.